The van der Waals surface area contributed by atoms with Crippen LogP contribution in [0.1, 0.15) is 27.3 Å². The van der Waals surface area contributed by atoms with Gasteiger partial charge < -0.3 is 11.1 Å². The molecular formula is C13H16N4OS. The molecule has 1 aromatic carbocycles. The summed E-state index contributed by atoms with van der Waals surface area (Å²) < 4.78 is 0. The molecule has 19 heavy (non-hydrogen) atoms. The molecule has 0 aliphatic rings. The van der Waals surface area contributed by atoms with Crippen molar-refractivity contribution in [2.45, 2.75) is 19.8 Å². The number of nitrogen functional groups attached to an aromatic ring is 1. The van der Waals surface area contributed by atoms with E-state index in [2.05, 4.69) is 15.5 Å². The van der Waals surface area contributed by atoms with Gasteiger partial charge in [0.25, 0.3) is 5.91 Å². The number of aryl methyl sites for hydroxylation is 2. The van der Waals surface area contributed by atoms with E-state index in [9.17, 15) is 4.79 Å². The minimum atomic E-state index is -0.0447. The van der Waals surface area contributed by atoms with E-state index in [1.54, 1.807) is 0 Å². The molecule has 5 nitrogen and oxygen atoms in total. The summed E-state index contributed by atoms with van der Waals surface area (Å²) in [6, 6.07) is 7.52. The smallest absolute Gasteiger partial charge is 0.251 e. The van der Waals surface area contributed by atoms with Crippen molar-refractivity contribution in [1.82, 2.24) is 15.5 Å². The van der Waals surface area contributed by atoms with Crippen molar-refractivity contribution in [1.29, 1.82) is 0 Å². The molecule has 1 heterocycles. The minimum absolute atomic E-state index is 0.0447. The van der Waals surface area contributed by atoms with Gasteiger partial charge in [0.2, 0.25) is 5.13 Å². The van der Waals surface area contributed by atoms with Gasteiger partial charge in [-0.2, -0.15) is 0 Å². The molecule has 0 fully saturated rings. The summed E-state index contributed by atoms with van der Waals surface area (Å²) in [4.78, 5) is 11.8. The Balaban J connectivity index is 1.73. The van der Waals surface area contributed by atoms with Gasteiger partial charge >= 0.3 is 0 Å². The van der Waals surface area contributed by atoms with Gasteiger partial charge in [0.1, 0.15) is 5.01 Å². The Kier molecular flexibility index (Phi) is 4.46. The molecule has 0 bridgehead atoms. The second kappa shape index (κ2) is 6.29. The maximum atomic E-state index is 11.8. The predicted octanol–water partition coefficient (Wildman–Crippen LogP) is 1.79. The Morgan fingerprint density at radius 1 is 1.32 bits per heavy atom. The van der Waals surface area contributed by atoms with E-state index in [0.717, 1.165) is 23.4 Å². The largest absolute Gasteiger partial charge is 0.374 e. The molecule has 0 saturated heterocycles. The Bertz CT molecular complexity index is 550. The molecule has 1 aromatic heterocycles. The molecule has 3 N–H and O–H groups in total. The topological polar surface area (TPSA) is 80.9 Å². The summed E-state index contributed by atoms with van der Waals surface area (Å²) in [5.74, 6) is -0.0447. The number of carbonyl (C=O) groups is 1. The highest BCUT2D eigenvalue weighted by Gasteiger charge is 2.05. The molecule has 0 saturated carbocycles. The van der Waals surface area contributed by atoms with Gasteiger partial charge in [-0.1, -0.05) is 29.0 Å². The number of carbonyl (C=O) groups excluding carboxylic acids is 1. The molecule has 1 amide bonds. The highest BCUT2D eigenvalue weighted by molar-refractivity contribution is 7.15. The minimum Gasteiger partial charge on any atom is -0.374 e. The van der Waals surface area contributed by atoms with E-state index in [-0.39, 0.29) is 5.91 Å². The molecule has 0 radical (unpaired) electrons. The average molecular weight is 276 g/mol. The standard InChI is InChI=1S/C13H16N4OS/c1-9-4-6-10(7-5-9)12(18)15-8-2-3-11-16-17-13(14)19-11/h4-7H,2-3,8H2,1H3,(H2,14,17)(H,15,18). The van der Waals surface area contributed by atoms with Crippen LogP contribution in [0.2, 0.25) is 0 Å². The predicted molar refractivity (Wildman–Crippen MR) is 76.2 cm³/mol. The average Bonchev–Trinajstić information content (AvgIpc) is 2.81. The molecule has 6 heteroatoms. The third kappa shape index (κ3) is 4.03. The molecule has 100 valence electrons. The summed E-state index contributed by atoms with van der Waals surface area (Å²) in [5, 5.41) is 11.9. The van der Waals surface area contributed by atoms with Crippen LogP contribution in [-0.4, -0.2) is 22.6 Å². The van der Waals surface area contributed by atoms with Crippen LogP contribution < -0.4 is 11.1 Å². The summed E-state index contributed by atoms with van der Waals surface area (Å²) in [6.45, 7) is 2.61. The van der Waals surface area contributed by atoms with Crippen molar-refractivity contribution < 1.29 is 4.79 Å². The third-order valence-electron chi connectivity index (χ3n) is 2.65. The zero-order valence-corrected chi connectivity index (χ0v) is 11.5. The SMILES string of the molecule is Cc1ccc(C(=O)NCCCc2nnc(N)s2)cc1. The summed E-state index contributed by atoms with van der Waals surface area (Å²) in [5.41, 5.74) is 7.32. The number of anilines is 1. The normalized spacial score (nSPS) is 10.4. The van der Waals surface area contributed by atoms with E-state index in [4.69, 9.17) is 5.73 Å². The first-order valence-electron chi connectivity index (χ1n) is 6.08. The van der Waals surface area contributed by atoms with E-state index in [1.165, 1.54) is 11.3 Å². The van der Waals surface area contributed by atoms with Crippen molar-refractivity contribution in [2.24, 2.45) is 0 Å². The van der Waals surface area contributed by atoms with Gasteiger partial charge in [-0.3, -0.25) is 4.79 Å². The number of nitrogens with one attached hydrogen (secondary N) is 1. The fraction of sp³-hybridized carbons (Fsp3) is 0.308. The van der Waals surface area contributed by atoms with E-state index < -0.39 is 0 Å². The molecule has 0 atom stereocenters. The number of benzene rings is 1. The van der Waals surface area contributed by atoms with Gasteiger partial charge in [0.05, 0.1) is 0 Å². The van der Waals surface area contributed by atoms with E-state index in [1.807, 2.05) is 31.2 Å². The maximum Gasteiger partial charge on any atom is 0.251 e. The van der Waals surface area contributed by atoms with Crippen LogP contribution in [-0.2, 0) is 6.42 Å². The summed E-state index contributed by atoms with van der Waals surface area (Å²) in [7, 11) is 0. The quantitative estimate of drug-likeness (QED) is 0.816. The lowest BCUT2D eigenvalue weighted by atomic mass is 10.1. The third-order valence-corrected chi connectivity index (χ3v) is 3.46. The van der Waals surface area contributed by atoms with Gasteiger partial charge in [0.15, 0.2) is 0 Å². The highest BCUT2D eigenvalue weighted by Crippen LogP contribution is 2.12. The van der Waals surface area contributed by atoms with Crippen LogP contribution in [0.5, 0.6) is 0 Å². The number of amides is 1. The Hall–Kier alpha value is -1.95. The first-order chi connectivity index (χ1) is 9.15. The summed E-state index contributed by atoms with van der Waals surface area (Å²) in [6.07, 6.45) is 1.61. The second-order valence-corrected chi connectivity index (χ2v) is 5.35. The molecule has 2 aromatic rings. The van der Waals surface area contributed by atoms with Crippen molar-refractivity contribution in [3.05, 3.63) is 40.4 Å². The number of rotatable bonds is 5. The second-order valence-electron chi connectivity index (χ2n) is 4.26. The monoisotopic (exact) mass is 276 g/mol. The molecule has 0 aliphatic carbocycles. The molecule has 0 unspecified atom stereocenters. The van der Waals surface area contributed by atoms with Crippen LogP contribution in [0.4, 0.5) is 5.13 Å². The van der Waals surface area contributed by atoms with Crippen molar-refractivity contribution in [3.63, 3.8) is 0 Å². The zero-order valence-electron chi connectivity index (χ0n) is 10.7. The van der Waals surface area contributed by atoms with Gasteiger partial charge in [-0.25, -0.2) is 0 Å². The van der Waals surface area contributed by atoms with Crippen LogP contribution in [0, 0.1) is 6.92 Å². The van der Waals surface area contributed by atoms with E-state index in [0.29, 0.717) is 17.2 Å². The Morgan fingerprint density at radius 3 is 2.68 bits per heavy atom. The lowest BCUT2D eigenvalue weighted by Crippen LogP contribution is -2.24. The molecule has 2 rings (SSSR count). The number of aromatic nitrogens is 2. The first kappa shape index (κ1) is 13.5. The lowest BCUT2D eigenvalue weighted by Gasteiger charge is -2.04. The number of hydrogen-bond donors (Lipinski definition) is 2. The molecule has 0 spiro atoms. The first-order valence-corrected chi connectivity index (χ1v) is 6.89. The van der Waals surface area contributed by atoms with Gasteiger partial charge in [0, 0.05) is 18.5 Å². The van der Waals surface area contributed by atoms with Crippen molar-refractivity contribution in [3.8, 4) is 0 Å². The lowest BCUT2D eigenvalue weighted by molar-refractivity contribution is 0.0953. The van der Waals surface area contributed by atoms with Gasteiger partial charge in [-0.05, 0) is 25.5 Å². The number of hydrogen-bond acceptors (Lipinski definition) is 5. The molecular weight excluding hydrogens is 260 g/mol. The van der Waals surface area contributed by atoms with Crippen LogP contribution in [0.25, 0.3) is 0 Å². The Labute approximate surface area is 115 Å². The highest BCUT2D eigenvalue weighted by atomic mass is 32.1. The van der Waals surface area contributed by atoms with Crippen molar-refractivity contribution in [2.75, 3.05) is 12.3 Å². The fourth-order valence-corrected chi connectivity index (χ4v) is 2.27. The number of nitrogens with zero attached hydrogens (tertiary/aromatic N) is 2. The van der Waals surface area contributed by atoms with Crippen molar-refractivity contribution >= 4 is 22.4 Å². The Morgan fingerprint density at radius 2 is 2.05 bits per heavy atom. The molecule has 0 aliphatic heterocycles. The number of nitrogens with two attached hydrogens (primary N) is 1. The summed E-state index contributed by atoms with van der Waals surface area (Å²) >= 11 is 1.39. The zero-order chi connectivity index (χ0) is 13.7. The fourth-order valence-electron chi connectivity index (χ4n) is 1.62. The van der Waals surface area contributed by atoms with Gasteiger partial charge in [-0.15, -0.1) is 10.2 Å². The van der Waals surface area contributed by atoms with Crippen LogP contribution in [0.3, 0.4) is 0 Å². The maximum absolute atomic E-state index is 11.8. The van der Waals surface area contributed by atoms with Crippen LogP contribution in [0.15, 0.2) is 24.3 Å². The van der Waals surface area contributed by atoms with E-state index >= 15 is 0 Å². The van der Waals surface area contributed by atoms with Crippen LogP contribution >= 0.6 is 11.3 Å².